The molecule has 0 radical (unpaired) electrons. The van der Waals surface area contributed by atoms with Gasteiger partial charge in [-0.2, -0.15) is 23.5 Å². The van der Waals surface area contributed by atoms with Crippen molar-refractivity contribution in [1.29, 1.82) is 0 Å². The molecule has 1 aliphatic rings. The van der Waals surface area contributed by atoms with Crippen molar-refractivity contribution in [3.63, 3.8) is 0 Å². The van der Waals surface area contributed by atoms with E-state index < -0.39 is 0 Å². The van der Waals surface area contributed by atoms with Gasteiger partial charge < -0.3 is 5.32 Å². The average Bonchev–Trinajstić information content (AvgIpc) is 2.40. The molecule has 1 aromatic rings. The molecule has 0 aromatic heterocycles. The summed E-state index contributed by atoms with van der Waals surface area (Å²) in [5.41, 5.74) is 0.891. The molecular formula is C13H16ClNOS2. The highest BCUT2D eigenvalue weighted by Gasteiger charge is 2.15. The van der Waals surface area contributed by atoms with E-state index >= 15 is 0 Å². The van der Waals surface area contributed by atoms with Gasteiger partial charge >= 0.3 is 0 Å². The molecule has 5 heteroatoms. The lowest BCUT2D eigenvalue weighted by atomic mass is 10.1. The zero-order valence-electron chi connectivity index (χ0n) is 10.0. The van der Waals surface area contributed by atoms with E-state index in [1.165, 1.54) is 11.5 Å². The minimum absolute atomic E-state index is 0.0549. The molecule has 1 atom stereocenters. The summed E-state index contributed by atoms with van der Waals surface area (Å²) in [6, 6.07) is 7.49. The van der Waals surface area contributed by atoms with Crippen LogP contribution in [0.1, 0.15) is 5.56 Å². The summed E-state index contributed by atoms with van der Waals surface area (Å²) >= 11 is 9.95. The second kappa shape index (κ2) is 7.31. The molecule has 2 nitrogen and oxygen atoms in total. The minimum atomic E-state index is 0.0549. The van der Waals surface area contributed by atoms with E-state index in [4.69, 9.17) is 11.6 Å². The van der Waals surface area contributed by atoms with Crippen LogP contribution in [-0.4, -0.2) is 35.0 Å². The van der Waals surface area contributed by atoms with Crippen LogP contribution in [0.5, 0.6) is 0 Å². The topological polar surface area (TPSA) is 29.1 Å². The number of benzene rings is 1. The summed E-state index contributed by atoms with van der Waals surface area (Å²) in [7, 11) is 0. The fourth-order valence-corrected chi connectivity index (χ4v) is 4.57. The maximum atomic E-state index is 11.8. The molecule has 0 bridgehead atoms. The monoisotopic (exact) mass is 301 g/mol. The Morgan fingerprint density at radius 2 is 2.22 bits per heavy atom. The van der Waals surface area contributed by atoms with Gasteiger partial charge in [-0.15, -0.1) is 0 Å². The van der Waals surface area contributed by atoms with Gasteiger partial charge in [-0.1, -0.05) is 29.8 Å². The van der Waals surface area contributed by atoms with E-state index in [1.54, 1.807) is 0 Å². The van der Waals surface area contributed by atoms with Crippen molar-refractivity contribution in [1.82, 2.24) is 5.32 Å². The van der Waals surface area contributed by atoms with Crippen LogP contribution in [0.25, 0.3) is 0 Å². The third-order valence-electron chi connectivity index (χ3n) is 2.72. The molecule has 1 aromatic carbocycles. The van der Waals surface area contributed by atoms with Crippen LogP contribution >= 0.6 is 35.1 Å². The standard InChI is InChI=1S/C13H16ClNOS2/c14-12-4-2-1-3-10(12)7-13(16)15-8-11-9-17-5-6-18-11/h1-4,11H,5-9H2,(H,15,16). The van der Waals surface area contributed by atoms with Crippen molar-refractivity contribution in [2.24, 2.45) is 0 Å². The predicted octanol–water partition coefficient (Wildman–Crippen LogP) is 2.85. The fourth-order valence-electron chi connectivity index (χ4n) is 1.76. The molecule has 1 heterocycles. The zero-order chi connectivity index (χ0) is 12.8. The van der Waals surface area contributed by atoms with E-state index in [2.05, 4.69) is 5.32 Å². The lowest BCUT2D eigenvalue weighted by Crippen LogP contribution is -2.34. The van der Waals surface area contributed by atoms with Crippen LogP contribution in [0.2, 0.25) is 5.02 Å². The van der Waals surface area contributed by atoms with Crippen molar-refractivity contribution in [3.05, 3.63) is 34.9 Å². The highest BCUT2D eigenvalue weighted by Crippen LogP contribution is 2.23. The van der Waals surface area contributed by atoms with E-state index in [9.17, 15) is 4.79 Å². The van der Waals surface area contributed by atoms with Crippen molar-refractivity contribution in [2.45, 2.75) is 11.7 Å². The number of carbonyl (C=O) groups excluding carboxylic acids is 1. The first kappa shape index (κ1) is 14.1. The second-order valence-corrected chi connectivity index (χ2v) is 7.11. The molecule has 1 unspecified atom stereocenters. The quantitative estimate of drug-likeness (QED) is 0.927. The number of carbonyl (C=O) groups is 1. The molecule has 0 saturated carbocycles. The number of hydrogen-bond donors (Lipinski definition) is 1. The molecule has 98 valence electrons. The number of rotatable bonds is 4. The third-order valence-corrected chi connectivity index (χ3v) is 5.93. The van der Waals surface area contributed by atoms with Crippen LogP contribution in [0.4, 0.5) is 0 Å². The number of nitrogens with one attached hydrogen (secondary N) is 1. The number of amides is 1. The first-order valence-corrected chi connectivity index (χ1v) is 8.53. The summed E-state index contributed by atoms with van der Waals surface area (Å²) in [5.74, 6) is 3.61. The van der Waals surface area contributed by atoms with Crippen LogP contribution in [-0.2, 0) is 11.2 Å². The Balaban J connectivity index is 1.76. The summed E-state index contributed by atoms with van der Waals surface area (Å²) < 4.78 is 0. The van der Waals surface area contributed by atoms with Gasteiger partial charge in [0.2, 0.25) is 5.91 Å². The number of thioether (sulfide) groups is 2. The first-order valence-electron chi connectivity index (χ1n) is 5.95. The Morgan fingerprint density at radius 3 is 2.94 bits per heavy atom. The van der Waals surface area contributed by atoms with Crippen molar-refractivity contribution in [3.8, 4) is 0 Å². The van der Waals surface area contributed by atoms with Gasteiger partial charge in [0.15, 0.2) is 0 Å². The number of hydrogen-bond acceptors (Lipinski definition) is 3. The molecular weight excluding hydrogens is 286 g/mol. The molecule has 1 N–H and O–H groups in total. The maximum Gasteiger partial charge on any atom is 0.224 e. The molecule has 0 spiro atoms. The van der Waals surface area contributed by atoms with Gasteiger partial charge in [-0.05, 0) is 11.6 Å². The molecule has 1 aliphatic heterocycles. The fraction of sp³-hybridized carbons (Fsp3) is 0.462. The highest BCUT2D eigenvalue weighted by atomic mass is 35.5. The van der Waals surface area contributed by atoms with Gasteiger partial charge in [0.25, 0.3) is 0 Å². The Kier molecular flexibility index (Phi) is 5.73. The van der Waals surface area contributed by atoms with Gasteiger partial charge in [0.1, 0.15) is 0 Å². The van der Waals surface area contributed by atoms with Gasteiger partial charge in [-0.25, -0.2) is 0 Å². The third kappa shape index (κ3) is 4.41. The van der Waals surface area contributed by atoms with Crippen molar-refractivity contribution >= 4 is 41.0 Å². The molecule has 2 rings (SSSR count). The average molecular weight is 302 g/mol. The van der Waals surface area contributed by atoms with E-state index in [-0.39, 0.29) is 5.91 Å². The maximum absolute atomic E-state index is 11.8. The van der Waals surface area contributed by atoms with Crippen molar-refractivity contribution in [2.75, 3.05) is 23.8 Å². The van der Waals surface area contributed by atoms with Gasteiger partial charge in [0.05, 0.1) is 6.42 Å². The summed E-state index contributed by atoms with van der Waals surface area (Å²) in [6.07, 6.45) is 0.365. The Bertz CT molecular complexity index is 408. The van der Waals surface area contributed by atoms with E-state index in [1.807, 2.05) is 47.8 Å². The van der Waals surface area contributed by atoms with Crippen LogP contribution in [0, 0.1) is 0 Å². The first-order chi connectivity index (χ1) is 8.75. The summed E-state index contributed by atoms with van der Waals surface area (Å²) in [6.45, 7) is 0.765. The van der Waals surface area contributed by atoms with Gasteiger partial charge in [-0.3, -0.25) is 4.79 Å². The number of halogens is 1. The summed E-state index contributed by atoms with van der Waals surface area (Å²) in [5, 5.41) is 4.21. The predicted molar refractivity (Wildman–Crippen MR) is 81.7 cm³/mol. The van der Waals surface area contributed by atoms with Crippen LogP contribution in [0.3, 0.4) is 0 Å². The Hall–Kier alpha value is -0.320. The zero-order valence-corrected chi connectivity index (χ0v) is 12.4. The molecule has 1 fully saturated rings. The van der Waals surface area contributed by atoms with Gasteiger partial charge in [0, 0.05) is 34.1 Å². The van der Waals surface area contributed by atoms with Crippen molar-refractivity contribution < 1.29 is 4.79 Å². The largest absolute Gasteiger partial charge is 0.355 e. The van der Waals surface area contributed by atoms with E-state index in [0.717, 1.165) is 17.9 Å². The van der Waals surface area contributed by atoms with Crippen LogP contribution < -0.4 is 5.32 Å². The van der Waals surface area contributed by atoms with Crippen LogP contribution in [0.15, 0.2) is 24.3 Å². The smallest absolute Gasteiger partial charge is 0.224 e. The lowest BCUT2D eigenvalue weighted by molar-refractivity contribution is -0.120. The lowest BCUT2D eigenvalue weighted by Gasteiger charge is -2.21. The Labute approximate surface area is 121 Å². The molecule has 18 heavy (non-hydrogen) atoms. The summed E-state index contributed by atoms with van der Waals surface area (Å²) in [4.78, 5) is 11.8. The van der Waals surface area contributed by atoms with E-state index in [0.29, 0.717) is 16.7 Å². The molecule has 1 saturated heterocycles. The second-order valence-electron chi connectivity index (χ2n) is 4.14. The Morgan fingerprint density at radius 1 is 1.39 bits per heavy atom. The highest BCUT2D eigenvalue weighted by molar-refractivity contribution is 8.06. The SMILES string of the molecule is O=C(Cc1ccccc1Cl)NCC1CSCCS1. The molecule has 1 amide bonds. The normalized spacial score (nSPS) is 19.5. The minimum Gasteiger partial charge on any atom is -0.355 e. The molecule has 0 aliphatic carbocycles.